The summed E-state index contributed by atoms with van der Waals surface area (Å²) >= 11 is 0. The van der Waals surface area contributed by atoms with Gasteiger partial charge >= 0.3 is 0 Å². The molecule has 0 radical (unpaired) electrons. The molecule has 0 fully saturated rings. The average molecular weight is 795 g/mol. The Morgan fingerprint density at radius 2 is 0.984 bits per heavy atom. The molecule has 0 saturated heterocycles. The Labute approximate surface area is 362 Å². The molecule has 3 nitrogen and oxygen atoms in total. The second-order valence-corrected chi connectivity index (χ2v) is 20.4. The third-order valence-electron chi connectivity index (χ3n) is 13.0. The van der Waals surface area contributed by atoms with Crippen molar-refractivity contribution in [3.63, 3.8) is 0 Å². The number of hydrogen-bond acceptors (Lipinski definition) is 3. The molecule has 0 atom stereocenters. The van der Waals surface area contributed by atoms with Gasteiger partial charge in [0.1, 0.15) is 5.58 Å². The highest BCUT2D eigenvalue weighted by Gasteiger charge is 2.44. The molecule has 2 aliphatic rings. The zero-order chi connectivity index (χ0) is 42.6. The summed E-state index contributed by atoms with van der Waals surface area (Å²) < 4.78 is 5.87. The number of fused-ring (bicyclic) bond motifs is 5. The van der Waals surface area contributed by atoms with Crippen LogP contribution in [0.3, 0.4) is 0 Å². The largest absolute Gasteiger partial charge is 0.464 e. The second kappa shape index (κ2) is 13.9. The Bertz CT molecular complexity index is 2990. The molecule has 0 saturated carbocycles. The zero-order valence-corrected chi connectivity index (χ0v) is 37.3. The molecule has 10 rings (SSSR count). The number of rotatable bonds is 4. The first-order chi connectivity index (χ1) is 29.0. The Morgan fingerprint density at radius 3 is 1.61 bits per heavy atom. The summed E-state index contributed by atoms with van der Waals surface area (Å²) in [6.07, 6.45) is 1.77. The Kier molecular flexibility index (Phi) is 8.86. The van der Waals surface area contributed by atoms with Gasteiger partial charge in [0.15, 0.2) is 0 Å². The molecule has 0 bridgehead atoms. The van der Waals surface area contributed by atoms with Crippen LogP contribution in [0.2, 0.25) is 0 Å². The Balaban J connectivity index is 1.28. The molecule has 61 heavy (non-hydrogen) atoms. The molecule has 0 unspecified atom stereocenters. The van der Waals surface area contributed by atoms with Crippen molar-refractivity contribution >= 4 is 68.2 Å². The van der Waals surface area contributed by atoms with E-state index in [9.17, 15) is 0 Å². The number of benzene rings is 7. The van der Waals surface area contributed by atoms with Crippen molar-refractivity contribution < 1.29 is 4.42 Å². The molecule has 8 aromatic rings. The predicted octanol–water partition coefficient (Wildman–Crippen LogP) is 14.1. The third kappa shape index (κ3) is 6.59. The van der Waals surface area contributed by atoms with Crippen LogP contribution < -0.4 is 26.2 Å². The Morgan fingerprint density at radius 1 is 0.443 bits per heavy atom. The molecular weight excluding hydrogens is 739 g/mol. The summed E-state index contributed by atoms with van der Waals surface area (Å²) in [6.45, 7) is 23.2. The molecule has 2 aliphatic heterocycles. The normalized spacial score (nSPS) is 13.6. The van der Waals surface area contributed by atoms with E-state index >= 15 is 0 Å². The maximum Gasteiger partial charge on any atom is 0.252 e. The first-order valence-corrected chi connectivity index (χ1v) is 21.9. The van der Waals surface area contributed by atoms with Crippen molar-refractivity contribution in [3.05, 3.63) is 174 Å². The highest BCUT2D eigenvalue weighted by molar-refractivity contribution is 7.00. The summed E-state index contributed by atoms with van der Waals surface area (Å²) in [4.78, 5) is 5.12. The summed E-state index contributed by atoms with van der Waals surface area (Å²) in [5.74, 6) is 0. The first kappa shape index (κ1) is 38.9. The van der Waals surface area contributed by atoms with Gasteiger partial charge < -0.3 is 14.2 Å². The van der Waals surface area contributed by atoms with E-state index in [0.29, 0.717) is 0 Å². The molecule has 4 heteroatoms. The molecule has 1 aromatic heterocycles. The number of nitrogens with zero attached hydrogens (tertiary/aromatic N) is 2. The minimum absolute atomic E-state index is 0.0187. The van der Waals surface area contributed by atoms with Crippen molar-refractivity contribution in [3.8, 4) is 22.3 Å². The standard InChI is InChI=1S/C57H55BN2O/c1-36-30-51-54-52(31-36)60(48-25-18-39(32-45(48)37-14-12-11-13-15-37)40-17-16-38-28-29-61-53(38)33-40)50-27-22-43(57(8,9)10)35-47(50)58(54)46-34-42(56(5,6)7)21-26-49(46)59(51)44-23-19-41(20-24-44)55(2,3)4/h11-35H,1-10H3. The predicted molar refractivity (Wildman–Crippen MR) is 262 cm³/mol. The van der Waals surface area contributed by atoms with E-state index in [-0.39, 0.29) is 23.0 Å². The van der Waals surface area contributed by atoms with Crippen molar-refractivity contribution in [1.82, 2.24) is 0 Å². The fraction of sp³-hybridized carbons (Fsp3) is 0.228. The van der Waals surface area contributed by atoms with Crippen LogP contribution in [0, 0.1) is 6.92 Å². The fourth-order valence-corrected chi connectivity index (χ4v) is 9.62. The quantitative estimate of drug-likeness (QED) is 0.165. The van der Waals surface area contributed by atoms with Gasteiger partial charge in [-0.2, -0.15) is 0 Å². The van der Waals surface area contributed by atoms with Crippen LogP contribution in [0.1, 0.15) is 84.6 Å². The maximum atomic E-state index is 5.87. The van der Waals surface area contributed by atoms with Crippen molar-refractivity contribution in [2.75, 3.05) is 9.80 Å². The van der Waals surface area contributed by atoms with Crippen LogP contribution in [0.15, 0.2) is 156 Å². The number of anilines is 6. The average Bonchev–Trinajstić information content (AvgIpc) is 3.71. The van der Waals surface area contributed by atoms with E-state index in [1.807, 2.05) is 6.07 Å². The minimum Gasteiger partial charge on any atom is -0.464 e. The van der Waals surface area contributed by atoms with E-state index in [4.69, 9.17) is 4.42 Å². The van der Waals surface area contributed by atoms with E-state index in [1.165, 1.54) is 78.2 Å². The molecule has 0 aliphatic carbocycles. The lowest BCUT2D eigenvalue weighted by Crippen LogP contribution is -2.61. The highest BCUT2D eigenvalue weighted by Crippen LogP contribution is 2.48. The monoisotopic (exact) mass is 794 g/mol. The van der Waals surface area contributed by atoms with Crippen LogP contribution in [-0.4, -0.2) is 6.71 Å². The lowest BCUT2D eigenvalue weighted by atomic mass is 9.33. The van der Waals surface area contributed by atoms with Gasteiger partial charge in [0.2, 0.25) is 0 Å². The summed E-state index contributed by atoms with van der Waals surface area (Å²) in [5, 5.41) is 1.11. The van der Waals surface area contributed by atoms with Gasteiger partial charge in [-0.1, -0.05) is 147 Å². The summed E-state index contributed by atoms with van der Waals surface area (Å²) in [5.41, 5.74) is 22.1. The fourth-order valence-electron chi connectivity index (χ4n) is 9.62. The Hall–Kier alpha value is -6.26. The maximum absolute atomic E-state index is 5.87. The number of aryl methyl sites for hydroxylation is 1. The molecule has 0 amide bonds. The second-order valence-electron chi connectivity index (χ2n) is 20.4. The SMILES string of the molecule is Cc1cc2c3c(c1)N(c1ccc(-c4ccc5ccoc5c4)cc1-c1ccccc1)c1ccc(C(C)(C)C)cc1B3c1cc(C(C)(C)C)ccc1N2c1ccc(C(C)(C)C)cc1. The topological polar surface area (TPSA) is 19.6 Å². The molecule has 3 heterocycles. The van der Waals surface area contributed by atoms with E-state index < -0.39 is 0 Å². The van der Waals surface area contributed by atoms with Gasteiger partial charge in [-0.15, -0.1) is 0 Å². The van der Waals surface area contributed by atoms with E-state index in [1.54, 1.807) is 6.26 Å². The van der Waals surface area contributed by atoms with Crippen LogP contribution in [-0.2, 0) is 16.2 Å². The van der Waals surface area contributed by atoms with Gasteiger partial charge in [0.05, 0.1) is 12.0 Å². The van der Waals surface area contributed by atoms with Gasteiger partial charge in [-0.25, -0.2) is 0 Å². The molecular formula is C57H55BN2O. The number of hydrogen-bond donors (Lipinski definition) is 0. The lowest BCUT2D eigenvalue weighted by Gasteiger charge is -2.45. The number of furan rings is 1. The smallest absolute Gasteiger partial charge is 0.252 e. The third-order valence-corrected chi connectivity index (χ3v) is 13.0. The van der Waals surface area contributed by atoms with E-state index in [2.05, 4.69) is 219 Å². The molecule has 7 aromatic carbocycles. The van der Waals surface area contributed by atoms with E-state index in [0.717, 1.165) is 27.8 Å². The molecule has 0 spiro atoms. The molecule has 0 N–H and O–H groups in total. The summed E-state index contributed by atoms with van der Waals surface area (Å²) in [6, 6.07) is 55.2. The van der Waals surface area contributed by atoms with Gasteiger partial charge in [0, 0.05) is 39.4 Å². The van der Waals surface area contributed by atoms with Gasteiger partial charge in [-0.05, 0) is 139 Å². The molecule has 302 valence electrons. The van der Waals surface area contributed by atoms with Crippen LogP contribution in [0.5, 0.6) is 0 Å². The van der Waals surface area contributed by atoms with Gasteiger partial charge in [-0.3, -0.25) is 0 Å². The van der Waals surface area contributed by atoms with Crippen molar-refractivity contribution in [1.29, 1.82) is 0 Å². The minimum atomic E-state index is -0.0340. The highest BCUT2D eigenvalue weighted by atomic mass is 16.3. The zero-order valence-electron chi connectivity index (χ0n) is 37.3. The van der Waals surface area contributed by atoms with Crippen molar-refractivity contribution in [2.24, 2.45) is 0 Å². The van der Waals surface area contributed by atoms with Crippen LogP contribution in [0.25, 0.3) is 33.2 Å². The van der Waals surface area contributed by atoms with Gasteiger partial charge in [0.25, 0.3) is 6.71 Å². The van der Waals surface area contributed by atoms with Crippen LogP contribution >= 0.6 is 0 Å². The lowest BCUT2D eigenvalue weighted by molar-refractivity contribution is 0.590. The first-order valence-electron chi connectivity index (χ1n) is 21.9. The van der Waals surface area contributed by atoms with Crippen molar-refractivity contribution in [2.45, 2.75) is 85.5 Å². The summed E-state index contributed by atoms with van der Waals surface area (Å²) in [7, 11) is 0. The van der Waals surface area contributed by atoms with Crippen LogP contribution in [0.4, 0.5) is 34.1 Å².